The van der Waals surface area contributed by atoms with Gasteiger partial charge in [0.2, 0.25) is 0 Å². The molecule has 106 valence electrons. The first-order valence-electron chi connectivity index (χ1n) is 5.65. The second kappa shape index (κ2) is 6.04. The van der Waals surface area contributed by atoms with E-state index in [2.05, 4.69) is 0 Å². The number of rotatable bonds is 3. The maximum absolute atomic E-state index is 13.1. The lowest BCUT2D eigenvalue weighted by atomic mass is 10.0. The highest BCUT2D eigenvalue weighted by molar-refractivity contribution is 6.42. The van der Waals surface area contributed by atoms with Gasteiger partial charge in [-0.3, -0.25) is 0 Å². The van der Waals surface area contributed by atoms with Crippen molar-refractivity contribution in [3.63, 3.8) is 0 Å². The molecule has 6 heteroatoms. The standard InChI is InChI=1S/C14H9Cl2F3O/c15-9-3-1-2-7(13(9)16)6-12(20)8-4-10(17)14(19)11(18)5-8/h1-5,12,20H,6H2. The van der Waals surface area contributed by atoms with Crippen molar-refractivity contribution in [1.29, 1.82) is 0 Å². The Hall–Kier alpha value is -1.23. The van der Waals surface area contributed by atoms with Crippen LogP contribution < -0.4 is 0 Å². The number of aliphatic hydroxyl groups is 1. The molecule has 0 bridgehead atoms. The van der Waals surface area contributed by atoms with Crippen LogP contribution in [0.1, 0.15) is 17.2 Å². The molecule has 1 N–H and O–H groups in total. The molecule has 0 aliphatic rings. The van der Waals surface area contributed by atoms with Crippen molar-refractivity contribution in [1.82, 2.24) is 0 Å². The third-order valence-electron chi connectivity index (χ3n) is 2.84. The maximum atomic E-state index is 13.1. The minimum absolute atomic E-state index is 0.00387. The van der Waals surface area contributed by atoms with Crippen LogP contribution in [0.2, 0.25) is 10.0 Å². The molecule has 1 unspecified atom stereocenters. The van der Waals surface area contributed by atoms with Gasteiger partial charge in [-0.15, -0.1) is 0 Å². The normalized spacial score (nSPS) is 12.5. The molecule has 0 saturated heterocycles. The Morgan fingerprint density at radius 2 is 1.65 bits per heavy atom. The van der Waals surface area contributed by atoms with Crippen molar-refractivity contribution in [3.05, 3.63) is 69.0 Å². The fourth-order valence-corrected chi connectivity index (χ4v) is 2.20. The van der Waals surface area contributed by atoms with Gasteiger partial charge in [0.25, 0.3) is 0 Å². The Balaban J connectivity index is 2.28. The molecule has 0 spiro atoms. The van der Waals surface area contributed by atoms with E-state index in [9.17, 15) is 18.3 Å². The molecule has 0 radical (unpaired) electrons. The van der Waals surface area contributed by atoms with Crippen molar-refractivity contribution in [2.45, 2.75) is 12.5 Å². The molecule has 2 rings (SSSR count). The SMILES string of the molecule is OC(Cc1cccc(Cl)c1Cl)c1cc(F)c(F)c(F)c1. The lowest BCUT2D eigenvalue weighted by molar-refractivity contribution is 0.177. The maximum Gasteiger partial charge on any atom is 0.194 e. The summed E-state index contributed by atoms with van der Waals surface area (Å²) >= 11 is 11.8. The molecule has 0 fully saturated rings. The van der Waals surface area contributed by atoms with E-state index in [0.717, 1.165) is 12.1 Å². The molecule has 2 aromatic rings. The third-order valence-corrected chi connectivity index (χ3v) is 3.69. The van der Waals surface area contributed by atoms with Gasteiger partial charge in [-0.1, -0.05) is 35.3 Å². The smallest absolute Gasteiger partial charge is 0.194 e. The first-order valence-corrected chi connectivity index (χ1v) is 6.41. The van der Waals surface area contributed by atoms with Gasteiger partial charge >= 0.3 is 0 Å². The van der Waals surface area contributed by atoms with Crippen LogP contribution in [0.5, 0.6) is 0 Å². The van der Waals surface area contributed by atoms with Crippen LogP contribution in [-0.2, 0) is 6.42 Å². The lowest BCUT2D eigenvalue weighted by Crippen LogP contribution is -2.05. The van der Waals surface area contributed by atoms with E-state index in [1.165, 1.54) is 0 Å². The Morgan fingerprint density at radius 3 is 2.25 bits per heavy atom. The first kappa shape index (κ1) is 15.2. The minimum Gasteiger partial charge on any atom is -0.388 e. The Kier molecular flexibility index (Phi) is 4.58. The number of benzene rings is 2. The highest BCUT2D eigenvalue weighted by atomic mass is 35.5. The molecule has 1 nitrogen and oxygen atoms in total. The summed E-state index contributed by atoms with van der Waals surface area (Å²) in [5.74, 6) is -4.27. The van der Waals surface area contributed by atoms with Gasteiger partial charge in [-0.2, -0.15) is 0 Å². The van der Waals surface area contributed by atoms with Crippen molar-refractivity contribution >= 4 is 23.2 Å². The fraction of sp³-hybridized carbons (Fsp3) is 0.143. The Labute approximate surface area is 123 Å². The molecule has 0 amide bonds. The molecule has 0 saturated carbocycles. The van der Waals surface area contributed by atoms with Crippen molar-refractivity contribution in [2.75, 3.05) is 0 Å². The van der Waals surface area contributed by atoms with Gasteiger partial charge in [-0.05, 0) is 29.3 Å². The molecule has 20 heavy (non-hydrogen) atoms. The van der Waals surface area contributed by atoms with E-state index in [1.807, 2.05) is 0 Å². The topological polar surface area (TPSA) is 20.2 Å². The van der Waals surface area contributed by atoms with Crippen LogP contribution in [0.3, 0.4) is 0 Å². The van der Waals surface area contributed by atoms with Gasteiger partial charge < -0.3 is 5.11 Å². The van der Waals surface area contributed by atoms with Crippen molar-refractivity contribution < 1.29 is 18.3 Å². The van der Waals surface area contributed by atoms with Gasteiger partial charge in [0.05, 0.1) is 16.1 Å². The van der Waals surface area contributed by atoms with Crippen LogP contribution in [0.4, 0.5) is 13.2 Å². The predicted octanol–water partition coefficient (Wildman–Crippen LogP) is 4.69. The van der Waals surface area contributed by atoms with E-state index in [0.29, 0.717) is 10.6 Å². The Morgan fingerprint density at radius 1 is 1.05 bits per heavy atom. The van der Waals surface area contributed by atoms with Crippen LogP contribution >= 0.6 is 23.2 Å². The summed E-state index contributed by atoms with van der Waals surface area (Å²) in [5.41, 5.74) is 0.453. The molecular weight excluding hydrogens is 312 g/mol. The van der Waals surface area contributed by atoms with Crippen molar-refractivity contribution in [2.24, 2.45) is 0 Å². The van der Waals surface area contributed by atoms with Crippen molar-refractivity contribution in [3.8, 4) is 0 Å². The number of hydrogen-bond acceptors (Lipinski definition) is 1. The molecule has 2 aromatic carbocycles. The number of halogens is 5. The zero-order valence-corrected chi connectivity index (χ0v) is 11.5. The molecule has 0 heterocycles. The number of hydrogen-bond donors (Lipinski definition) is 1. The zero-order valence-electron chi connectivity index (χ0n) is 10.0. The quantitative estimate of drug-likeness (QED) is 0.814. The Bertz CT molecular complexity index is 623. The van der Waals surface area contributed by atoms with E-state index in [1.54, 1.807) is 18.2 Å². The van der Waals surface area contributed by atoms with Crippen LogP contribution in [0, 0.1) is 17.5 Å². The van der Waals surface area contributed by atoms with E-state index in [4.69, 9.17) is 23.2 Å². The van der Waals surface area contributed by atoms with Gasteiger partial charge in [0.1, 0.15) is 0 Å². The summed E-state index contributed by atoms with van der Waals surface area (Å²) in [4.78, 5) is 0. The summed E-state index contributed by atoms with van der Waals surface area (Å²) in [6, 6.07) is 6.36. The summed E-state index contributed by atoms with van der Waals surface area (Å²) in [7, 11) is 0. The van der Waals surface area contributed by atoms with Crippen LogP contribution in [0.25, 0.3) is 0 Å². The van der Waals surface area contributed by atoms with Crippen LogP contribution in [0.15, 0.2) is 30.3 Å². The zero-order chi connectivity index (χ0) is 14.9. The average Bonchev–Trinajstić information content (AvgIpc) is 2.40. The van der Waals surface area contributed by atoms with Gasteiger partial charge in [-0.25, -0.2) is 13.2 Å². The van der Waals surface area contributed by atoms with Gasteiger partial charge in [0, 0.05) is 6.42 Å². The molecule has 1 atom stereocenters. The van der Waals surface area contributed by atoms with E-state index >= 15 is 0 Å². The summed E-state index contributed by atoms with van der Waals surface area (Å²) < 4.78 is 39.1. The molecule has 0 aromatic heterocycles. The third kappa shape index (κ3) is 3.08. The van der Waals surface area contributed by atoms with E-state index in [-0.39, 0.29) is 17.0 Å². The molecule has 0 aliphatic heterocycles. The van der Waals surface area contributed by atoms with Crippen LogP contribution in [-0.4, -0.2) is 5.11 Å². The summed E-state index contributed by atoms with van der Waals surface area (Å²) in [6.07, 6.45) is -1.22. The largest absolute Gasteiger partial charge is 0.388 e. The second-order valence-electron chi connectivity index (χ2n) is 4.23. The van der Waals surface area contributed by atoms with E-state index < -0.39 is 23.6 Å². The second-order valence-corrected chi connectivity index (χ2v) is 5.02. The highest BCUT2D eigenvalue weighted by Crippen LogP contribution is 2.30. The monoisotopic (exact) mass is 320 g/mol. The summed E-state index contributed by atoms with van der Waals surface area (Å²) in [6.45, 7) is 0. The molecular formula is C14H9Cl2F3O. The highest BCUT2D eigenvalue weighted by Gasteiger charge is 2.17. The first-order chi connectivity index (χ1) is 9.40. The predicted molar refractivity (Wildman–Crippen MR) is 71.4 cm³/mol. The van der Waals surface area contributed by atoms with Gasteiger partial charge in [0.15, 0.2) is 17.5 Å². The average molecular weight is 321 g/mol. The molecule has 0 aliphatic carbocycles. The summed E-state index contributed by atoms with van der Waals surface area (Å²) in [5, 5.41) is 10.5. The lowest BCUT2D eigenvalue weighted by Gasteiger charge is -2.13. The number of aliphatic hydroxyl groups excluding tert-OH is 1. The fourth-order valence-electron chi connectivity index (χ4n) is 1.80. The minimum atomic E-state index is -1.57.